The molecule has 2 rings (SSSR count). The van der Waals surface area contributed by atoms with Gasteiger partial charge in [-0.15, -0.1) is 11.3 Å². The molecule has 1 amide bonds. The van der Waals surface area contributed by atoms with E-state index < -0.39 is 5.54 Å². The Hall–Kier alpha value is -1.30. The molecule has 0 saturated carbocycles. The molecule has 108 valence electrons. The van der Waals surface area contributed by atoms with Crippen molar-refractivity contribution in [1.82, 2.24) is 5.32 Å². The van der Waals surface area contributed by atoms with Gasteiger partial charge >= 0.3 is 0 Å². The molecule has 1 aromatic carbocycles. The van der Waals surface area contributed by atoms with E-state index in [-0.39, 0.29) is 12.5 Å². The summed E-state index contributed by atoms with van der Waals surface area (Å²) < 4.78 is 0.889. The monoisotopic (exact) mass is 312 g/mol. The lowest BCUT2D eigenvalue weighted by Crippen LogP contribution is -2.43. The molecule has 0 unspecified atom stereocenters. The zero-order valence-electron chi connectivity index (χ0n) is 11.4. The van der Waals surface area contributed by atoms with E-state index in [1.165, 1.54) is 11.3 Å². The molecule has 0 bridgehead atoms. The first-order chi connectivity index (χ1) is 9.35. The smallest absolute Gasteiger partial charge is 0.263 e. The second-order valence-corrected chi connectivity index (χ2v) is 6.73. The van der Waals surface area contributed by atoms with Crippen molar-refractivity contribution >= 4 is 44.6 Å². The lowest BCUT2D eigenvalue weighted by Gasteiger charge is -2.25. The molecule has 0 radical (unpaired) electrons. The Morgan fingerprint density at radius 1 is 1.50 bits per heavy atom. The normalized spacial score (nSPS) is 11.8. The molecule has 4 N–H and O–H groups in total. The van der Waals surface area contributed by atoms with Gasteiger partial charge in [-0.3, -0.25) is 4.79 Å². The van der Waals surface area contributed by atoms with Crippen LogP contribution in [0.4, 0.5) is 5.69 Å². The second kappa shape index (κ2) is 5.60. The number of rotatable bonds is 4. The number of amides is 1. The van der Waals surface area contributed by atoms with Crippen LogP contribution in [0.5, 0.6) is 0 Å². The maximum absolute atomic E-state index is 12.3. The van der Waals surface area contributed by atoms with Crippen molar-refractivity contribution in [2.45, 2.75) is 25.8 Å². The van der Waals surface area contributed by atoms with Crippen molar-refractivity contribution in [3.63, 3.8) is 0 Å². The molecule has 20 heavy (non-hydrogen) atoms. The number of hydrogen-bond acceptors (Lipinski definition) is 4. The molecule has 0 saturated heterocycles. The van der Waals surface area contributed by atoms with Crippen LogP contribution in [-0.4, -0.2) is 23.2 Å². The second-order valence-electron chi connectivity index (χ2n) is 5.27. The number of nitrogens with two attached hydrogens (primary N) is 1. The molecule has 0 atom stereocenters. The maximum Gasteiger partial charge on any atom is 0.263 e. The summed E-state index contributed by atoms with van der Waals surface area (Å²) in [4.78, 5) is 12.8. The molecule has 0 aliphatic rings. The number of nitrogens with one attached hydrogen (secondary N) is 1. The molecule has 0 aliphatic carbocycles. The van der Waals surface area contributed by atoms with Crippen LogP contribution in [-0.2, 0) is 0 Å². The zero-order valence-corrected chi connectivity index (χ0v) is 12.9. The van der Waals surface area contributed by atoms with Gasteiger partial charge in [0.05, 0.1) is 10.7 Å². The minimum Gasteiger partial charge on any atom is -0.397 e. The van der Waals surface area contributed by atoms with Gasteiger partial charge in [0.25, 0.3) is 5.91 Å². The number of benzene rings is 1. The van der Waals surface area contributed by atoms with Gasteiger partial charge in [-0.05, 0) is 32.4 Å². The minimum atomic E-state index is -0.488. The number of carbonyl (C=O) groups is 1. The third-order valence-electron chi connectivity index (χ3n) is 3.10. The molecule has 0 fully saturated rings. The lowest BCUT2D eigenvalue weighted by atomic mass is 10.0. The maximum atomic E-state index is 12.3. The van der Waals surface area contributed by atoms with Crippen molar-refractivity contribution in [3.05, 3.63) is 28.1 Å². The molecule has 0 spiro atoms. The Bertz CT molecular complexity index is 652. The lowest BCUT2D eigenvalue weighted by molar-refractivity contribution is 0.0904. The number of carbonyl (C=O) groups excluding carboxylic acids is 1. The Labute approximate surface area is 126 Å². The SMILES string of the molecule is CC(C)(CCO)NC(=O)c1sc2cccc(Cl)c2c1N. The van der Waals surface area contributed by atoms with Gasteiger partial charge in [0, 0.05) is 22.2 Å². The fourth-order valence-corrected chi connectivity index (χ4v) is 3.38. The molecule has 0 aliphatic heterocycles. The predicted octanol–water partition coefficient (Wildman–Crippen LogP) is 3.03. The Morgan fingerprint density at radius 2 is 2.20 bits per heavy atom. The highest BCUT2D eigenvalue weighted by Crippen LogP contribution is 2.38. The first kappa shape index (κ1) is 15.1. The third kappa shape index (κ3) is 2.90. The molecular formula is C14H17ClN2O2S. The van der Waals surface area contributed by atoms with Gasteiger partial charge < -0.3 is 16.2 Å². The van der Waals surface area contributed by atoms with E-state index in [2.05, 4.69) is 5.32 Å². The molecule has 2 aromatic rings. The number of aliphatic hydroxyl groups excluding tert-OH is 1. The van der Waals surface area contributed by atoms with Gasteiger partial charge in [-0.2, -0.15) is 0 Å². The summed E-state index contributed by atoms with van der Waals surface area (Å²) in [5.74, 6) is -0.238. The number of anilines is 1. The highest BCUT2D eigenvalue weighted by Gasteiger charge is 2.24. The molecule has 1 aromatic heterocycles. The number of nitrogen functional groups attached to an aromatic ring is 1. The van der Waals surface area contributed by atoms with E-state index >= 15 is 0 Å². The van der Waals surface area contributed by atoms with Crippen molar-refractivity contribution in [1.29, 1.82) is 0 Å². The topological polar surface area (TPSA) is 75.3 Å². The van der Waals surface area contributed by atoms with Crippen LogP contribution in [0.2, 0.25) is 5.02 Å². The van der Waals surface area contributed by atoms with Crippen LogP contribution in [0.3, 0.4) is 0 Å². The number of hydrogen-bond donors (Lipinski definition) is 3. The van der Waals surface area contributed by atoms with Gasteiger partial charge in [0.2, 0.25) is 0 Å². The van der Waals surface area contributed by atoms with E-state index in [4.69, 9.17) is 22.4 Å². The first-order valence-electron chi connectivity index (χ1n) is 6.25. The van der Waals surface area contributed by atoms with E-state index in [9.17, 15) is 4.79 Å². The van der Waals surface area contributed by atoms with Crippen LogP contribution in [0.25, 0.3) is 10.1 Å². The summed E-state index contributed by atoms with van der Waals surface area (Å²) in [6.07, 6.45) is 0.476. The van der Waals surface area contributed by atoms with E-state index in [1.54, 1.807) is 6.07 Å². The fraction of sp³-hybridized carbons (Fsp3) is 0.357. The van der Waals surface area contributed by atoms with Gasteiger partial charge in [0.15, 0.2) is 0 Å². The summed E-state index contributed by atoms with van der Waals surface area (Å²) in [7, 11) is 0. The predicted molar refractivity (Wildman–Crippen MR) is 84.5 cm³/mol. The Balaban J connectivity index is 2.36. The summed E-state index contributed by atoms with van der Waals surface area (Å²) in [5, 5.41) is 13.2. The van der Waals surface area contributed by atoms with Crippen LogP contribution in [0.1, 0.15) is 29.9 Å². The van der Waals surface area contributed by atoms with Crippen molar-refractivity contribution < 1.29 is 9.90 Å². The van der Waals surface area contributed by atoms with Crippen LogP contribution >= 0.6 is 22.9 Å². The number of halogens is 1. The van der Waals surface area contributed by atoms with E-state index in [0.29, 0.717) is 22.0 Å². The van der Waals surface area contributed by atoms with Gasteiger partial charge in [0.1, 0.15) is 4.88 Å². The average Bonchev–Trinajstić information content (AvgIpc) is 2.67. The van der Waals surface area contributed by atoms with E-state index in [0.717, 1.165) is 10.1 Å². The van der Waals surface area contributed by atoms with Crippen molar-refractivity contribution in [2.75, 3.05) is 12.3 Å². The largest absolute Gasteiger partial charge is 0.397 e. The average molecular weight is 313 g/mol. The van der Waals surface area contributed by atoms with Crippen LogP contribution < -0.4 is 11.1 Å². The van der Waals surface area contributed by atoms with Gasteiger partial charge in [-0.25, -0.2) is 0 Å². The standard InChI is InChI=1S/C14H17ClN2O2S/c1-14(2,6-7-18)17-13(19)12-11(16)10-8(15)4-3-5-9(10)20-12/h3-5,18H,6-7,16H2,1-2H3,(H,17,19). The summed E-state index contributed by atoms with van der Waals surface area (Å²) in [5.41, 5.74) is 5.97. The minimum absolute atomic E-state index is 0.0149. The Morgan fingerprint density at radius 3 is 2.80 bits per heavy atom. The van der Waals surface area contributed by atoms with Crippen molar-refractivity contribution in [2.24, 2.45) is 0 Å². The highest BCUT2D eigenvalue weighted by molar-refractivity contribution is 7.21. The highest BCUT2D eigenvalue weighted by atomic mass is 35.5. The number of thiophene rings is 1. The molecule has 1 heterocycles. The third-order valence-corrected chi connectivity index (χ3v) is 4.58. The molecule has 6 heteroatoms. The molecule has 4 nitrogen and oxygen atoms in total. The summed E-state index contributed by atoms with van der Waals surface area (Å²) in [6, 6.07) is 5.47. The summed E-state index contributed by atoms with van der Waals surface area (Å²) in [6.45, 7) is 3.73. The van der Waals surface area contributed by atoms with E-state index in [1.807, 2.05) is 26.0 Å². The molecular weight excluding hydrogens is 296 g/mol. The quantitative estimate of drug-likeness (QED) is 0.812. The van der Waals surface area contributed by atoms with Crippen LogP contribution in [0, 0.1) is 0 Å². The zero-order chi connectivity index (χ0) is 14.9. The van der Waals surface area contributed by atoms with Gasteiger partial charge in [-0.1, -0.05) is 17.7 Å². The van der Waals surface area contributed by atoms with Crippen LogP contribution in [0.15, 0.2) is 18.2 Å². The number of aliphatic hydroxyl groups is 1. The fourth-order valence-electron chi connectivity index (χ4n) is 2.00. The Kier molecular flexibility index (Phi) is 4.22. The van der Waals surface area contributed by atoms with Crippen molar-refractivity contribution in [3.8, 4) is 0 Å². The summed E-state index contributed by atoms with van der Waals surface area (Å²) >= 11 is 7.45. The first-order valence-corrected chi connectivity index (χ1v) is 7.45. The number of fused-ring (bicyclic) bond motifs is 1.